The third-order valence-electron chi connectivity index (χ3n) is 3.33. The summed E-state index contributed by atoms with van der Waals surface area (Å²) in [5, 5.41) is -0.172. The van der Waals surface area contributed by atoms with Crippen molar-refractivity contribution in [2.75, 3.05) is 21.3 Å². The van der Waals surface area contributed by atoms with Gasteiger partial charge in [-0.2, -0.15) is 0 Å². The molecular formula is C9H20O3Si. The molecule has 1 aliphatic heterocycles. The lowest BCUT2D eigenvalue weighted by atomic mass is 10.1. The standard InChI is InChI=1S/C9H20O3Si/c1-9(10-2)7-5-6-8-13(9,11-3)12-4/h5-8H2,1-4H3. The van der Waals surface area contributed by atoms with Crippen molar-refractivity contribution in [3.05, 3.63) is 0 Å². The number of hydrogen-bond acceptors (Lipinski definition) is 3. The highest BCUT2D eigenvalue weighted by molar-refractivity contribution is 6.70. The van der Waals surface area contributed by atoms with Crippen molar-refractivity contribution in [2.45, 2.75) is 37.5 Å². The van der Waals surface area contributed by atoms with Gasteiger partial charge in [-0.3, -0.25) is 0 Å². The van der Waals surface area contributed by atoms with Gasteiger partial charge in [-0.15, -0.1) is 0 Å². The highest BCUT2D eigenvalue weighted by Gasteiger charge is 2.55. The molecule has 0 radical (unpaired) electrons. The molecule has 1 saturated heterocycles. The van der Waals surface area contributed by atoms with Crippen LogP contribution in [0, 0.1) is 0 Å². The number of hydrogen-bond donors (Lipinski definition) is 0. The fourth-order valence-corrected chi connectivity index (χ4v) is 5.80. The highest BCUT2D eigenvalue weighted by atomic mass is 28.4. The van der Waals surface area contributed by atoms with E-state index in [4.69, 9.17) is 13.6 Å². The van der Waals surface area contributed by atoms with Gasteiger partial charge >= 0.3 is 8.56 Å². The van der Waals surface area contributed by atoms with Crippen molar-refractivity contribution in [3.8, 4) is 0 Å². The van der Waals surface area contributed by atoms with Crippen LogP contribution in [-0.2, 0) is 13.6 Å². The van der Waals surface area contributed by atoms with Crippen LogP contribution in [0.1, 0.15) is 26.2 Å². The Balaban J connectivity index is 2.87. The Morgan fingerprint density at radius 2 is 1.69 bits per heavy atom. The number of ether oxygens (including phenoxy) is 1. The molecular weight excluding hydrogens is 184 g/mol. The van der Waals surface area contributed by atoms with E-state index in [9.17, 15) is 0 Å². The lowest BCUT2D eigenvalue weighted by Crippen LogP contribution is -2.63. The van der Waals surface area contributed by atoms with Gasteiger partial charge < -0.3 is 13.6 Å². The molecule has 0 N–H and O–H groups in total. The van der Waals surface area contributed by atoms with Gasteiger partial charge in [-0.1, -0.05) is 12.8 Å². The summed E-state index contributed by atoms with van der Waals surface area (Å²) in [5.41, 5.74) is 0. The minimum atomic E-state index is -2.11. The lowest BCUT2D eigenvalue weighted by molar-refractivity contribution is 0.00491. The summed E-state index contributed by atoms with van der Waals surface area (Å²) in [5.74, 6) is 0. The molecule has 13 heavy (non-hydrogen) atoms. The van der Waals surface area contributed by atoms with Crippen molar-refractivity contribution in [1.29, 1.82) is 0 Å². The smallest absolute Gasteiger partial charge is 0.370 e. The third kappa shape index (κ3) is 1.68. The van der Waals surface area contributed by atoms with Crippen molar-refractivity contribution >= 4 is 8.56 Å². The molecule has 1 fully saturated rings. The fourth-order valence-electron chi connectivity index (χ4n) is 2.25. The van der Waals surface area contributed by atoms with Crippen LogP contribution in [0.2, 0.25) is 6.04 Å². The fraction of sp³-hybridized carbons (Fsp3) is 1.00. The molecule has 0 saturated carbocycles. The monoisotopic (exact) mass is 204 g/mol. The van der Waals surface area contributed by atoms with Crippen LogP contribution in [0.15, 0.2) is 0 Å². The topological polar surface area (TPSA) is 27.7 Å². The molecule has 0 aliphatic carbocycles. The largest absolute Gasteiger partial charge is 0.396 e. The van der Waals surface area contributed by atoms with Gasteiger partial charge in [-0.05, 0) is 19.4 Å². The maximum absolute atomic E-state index is 5.63. The maximum Gasteiger partial charge on any atom is 0.370 e. The first-order valence-electron chi connectivity index (χ1n) is 4.79. The molecule has 3 nitrogen and oxygen atoms in total. The molecule has 78 valence electrons. The van der Waals surface area contributed by atoms with Crippen LogP contribution in [0.25, 0.3) is 0 Å². The normalized spacial score (nSPS) is 33.2. The zero-order valence-corrected chi connectivity index (χ0v) is 10.1. The summed E-state index contributed by atoms with van der Waals surface area (Å²) in [6, 6.07) is 1.05. The van der Waals surface area contributed by atoms with Gasteiger partial charge in [0.15, 0.2) is 0 Å². The van der Waals surface area contributed by atoms with Gasteiger partial charge in [0.25, 0.3) is 0 Å². The van der Waals surface area contributed by atoms with Crippen LogP contribution < -0.4 is 0 Å². The quantitative estimate of drug-likeness (QED) is 0.657. The minimum absolute atomic E-state index is 0.172. The first-order valence-corrected chi connectivity index (χ1v) is 6.82. The summed E-state index contributed by atoms with van der Waals surface area (Å²) < 4.78 is 16.8. The predicted octanol–water partition coefficient (Wildman–Crippen LogP) is 1.85. The van der Waals surface area contributed by atoms with Gasteiger partial charge in [-0.25, -0.2) is 0 Å². The number of methoxy groups -OCH3 is 1. The van der Waals surface area contributed by atoms with Gasteiger partial charge in [0.2, 0.25) is 0 Å². The van der Waals surface area contributed by atoms with E-state index < -0.39 is 8.56 Å². The van der Waals surface area contributed by atoms with E-state index in [0.717, 1.165) is 12.5 Å². The van der Waals surface area contributed by atoms with Crippen LogP contribution in [-0.4, -0.2) is 35.1 Å². The lowest BCUT2D eigenvalue weighted by Gasteiger charge is -2.45. The van der Waals surface area contributed by atoms with E-state index >= 15 is 0 Å². The second-order valence-corrected chi connectivity index (χ2v) is 7.68. The van der Waals surface area contributed by atoms with E-state index in [1.165, 1.54) is 12.8 Å². The van der Waals surface area contributed by atoms with Crippen LogP contribution >= 0.6 is 0 Å². The molecule has 1 heterocycles. The Kier molecular flexibility index (Phi) is 3.51. The molecule has 1 atom stereocenters. The molecule has 0 bridgehead atoms. The van der Waals surface area contributed by atoms with E-state index in [1.54, 1.807) is 21.3 Å². The van der Waals surface area contributed by atoms with Gasteiger partial charge in [0.05, 0.1) is 0 Å². The summed E-state index contributed by atoms with van der Waals surface area (Å²) in [7, 11) is 3.15. The van der Waals surface area contributed by atoms with Crippen molar-refractivity contribution in [3.63, 3.8) is 0 Å². The molecule has 0 aromatic carbocycles. The second-order valence-electron chi connectivity index (χ2n) is 3.80. The third-order valence-corrected chi connectivity index (χ3v) is 7.72. The van der Waals surface area contributed by atoms with E-state index in [-0.39, 0.29) is 5.22 Å². The maximum atomic E-state index is 5.63. The average molecular weight is 204 g/mol. The molecule has 1 unspecified atom stereocenters. The van der Waals surface area contributed by atoms with E-state index in [1.807, 2.05) is 0 Å². The highest BCUT2D eigenvalue weighted by Crippen LogP contribution is 2.39. The summed E-state index contributed by atoms with van der Waals surface area (Å²) in [6.45, 7) is 2.12. The van der Waals surface area contributed by atoms with Crippen molar-refractivity contribution < 1.29 is 13.6 Å². The first kappa shape index (κ1) is 11.2. The zero-order chi connectivity index (χ0) is 9.95. The Morgan fingerprint density at radius 3 is 2.08 bits per heavy atom. The molecule has 4 heteroatoms. The molecule has 0 spiro atoms. The number of rotatable bonds is 3. The molecule has 0 aromatic rings. The summed E-state index contributed by atoms with van der Waals surface area (Å²) in [6.07, 6.45) is 3.47. The summed E-state index contributed by atoms with van der Waals surface area (Å²) >= 11 is 0. The van der Waals surface area contributed by atoms with Crippen LogP contribution in [0.4, 0.5) is 0 Å². The Morgan fingerprint density at radius 1 is 1.08 bits per heavy atom. The molecule has 0 aromatic heterocycles. The second kappa shape index (κ2) is 4.08. The SMILES string of the molecule is COC1(C)CCCC[Si]1(OC)OC. The zero-order valence-electron chi connectivity index (χ0n) is 9.05. The van der Waals surface area contributed by atoms with Crippen LogP contribution in [0.3, 0.4) is 0 Å². The van der Waals surface area contributed by atoms with Crippen molar-refractivity contribution in [2.24, 2.45) is 0 Å². The van der Waals surface area contributed by atoms with Crippen LogP contribution in [0.5, 0.6) is 0 Å². The minimum Gasteiger partial charge on any atom is -0.396 e. The van der Waals surface area contributed by atoms with Crippen molar-refractivity contribution in [1.82, 2.24) is 0 Å². The first-order chi connectivity index (χ1) is 6.14. The summed E-state index contributed by atoms with van der Waals surface area (Å²) in [4.78, 5) is 0. The van der Waals surface area contributed by atoms with E-state index in [0.29, 0.717) is 0 Å². The predicted molar refractivity (Wildman–Crippen MR) is 53.8 cm³/mol. The Bertz CT molecular complexity index is 170. The molecule has 1 aliphatic rings. The van der Waals surface area contributed by atoms with E-state index in [2.05, 4.69) is 6.92 Å². The molecule has 0 amide bonds. The average Bonchev–Trinajstić information content (AvgIpc) is 2.19. The van der Waals surface area contributed by atoms with Gasteiger partial charge in [0, 0.05) is 21.3 Å². The molecule has 1 rings (SSSR count). The Hall–Kier alpha value is 0.0969. The Labute approximate surface area is 81.6 Å². The van der Waals surface area contributed by atoms with Gasteiger partial charge in [0.1, 0.15) is 5.22 Å².